The molecule has 1 amide bonds. The van der Waals surface area contributed by atoms with Crippen LogP contribution in [-0.4, -0.2) is 21.9 Å². The van der Waals surface area contributed by atoms with Crippen LogP contribution in [0.15, 0.2) is 69.5 Å². The molecule has 202 valence electrons. The number of ketones is 1. The normalized spacial score (nSPS) is 21.4. The predicted octanol–water partition coefficient (Wildman–Crippen LogP) is 5.33. The van der Waals surface area contributed by atoms with Gasteiger partial charge in [0.15, 0.2) is 10.1 Å². The van der Waals surface area contributed by atoms with E-state index in [1.807, 2.05) is 39.0 Å². The van der Waals surface area contributed by atoms with Gasteiger partial charge >= 0.3 is 0 Å². The number of amides is 1. The highest BCUT2D eigenvalue weighted by molar-refractivity contribution is 8.00. The van der Waals surface area contributed by atoms with E-state index in [1.54, 1.807) is 4.90 Å². The van der Waals surface area contributed by atoms with Gasteiger partial charge in [0.25, 0.3) is 0 Å². The fourth-order valence-electron chi connectivity index (χ4n) is 5.91. The number of allylic oxidation sites excluding steroid dienone is 1. The molecule has 3 aliphatic rings. The molecule has 40 heavy (non-hydrogen) atoms. The highest BCUT2D eigenvalue weighted by atomic mass is 32.2. The molecule has 3 heterocycles. The zero-order valence-electron chi connectivity index (χ0n) is 22.0. The van der Waals surface area contributed by atoms with Crippen LogP contribution < -0.4 is 16.0 Å². The number of nitrogens with two attached hydrogens (primary N) is 1. The molecular weight excluding hydrogens is 547 g/mol. The van der Waals surface area contributed by atoms with Gasteiger partial charge < -0.3 is 11.1 Å². The van der Waals surface area contributed by atoms with Crippen LogP contribution in [0.4, 0.5) is 15.2 Å². The molecule has 0 bridgehead atoms. The van der Waals surface area contributed by atoms with Crippen LogP contribution in [0.1, 0.15) is 43.4 Å². The van der Waals surface area contributed by atoms with Gasteiger partial charge in [-0.05, 0) is 42.5 Å². The van der Waals surface area contributed by atoms with Gasteiger partial charge in [-0.2, -0.15) is 5.26 Å². The van der Waals surface area contributed by atoms with Crippen LogP contribution in [-0.2, 0) is 20.8 Å². The highest BCUT2D eigenvalue weighted by Crippen LogP contribution is 2.57. The standard InChI is InChI=1S/C29H25FN6O2S2/c1-15-5-4-6-16(9-15)14-39-27-35-34-26(40-27)36-21-11-28(2,3)12-22(37)23(21)29(19(13-31)24(36)32)18-10-17(30)7-8-20(18)33-25(29)38/h4-10H,11-12,14,32H2,1-3H3,(H,33,38)/t29-/m1/s1. The summed E-state index contributed by atoms with van der Waals surface area (Å²) in [5.41, 5.74) is 7.77. The van der Waals surface area contributed by atoms with E-state index < -0.39 is 22.6 Å². The number of Topliss-reactive ketones (excluding diaryl/α,β-unsaturated/α-hetero) is 1. The summed E-state index contributed by atoms with van der Waals surface area (Å²) in [6.45, 7) is 5.97. The molecule has 2 aliphatic heterocycles. The molecule has 1 spiro atoms. The number of aromatic nitrogens is 2. The van der Waals surface area contributed by atoms with Gasteiger partial charge in [-0.15, -0.1) is 10.2 Å². The Morgan fingerprint density at radius 1 is 1.20 bits per heavy atom. The SMILES string of the molecule is Cc1cccc(CSc2nnc(N3C(N)=C(C#N)[C@@]4(C(=O)Nc5ccc(F)cc54)C4=C3CC(C)(C)CC4=O)s2)c1. The van der Waals surface area contributed by atoms with Crippen molar-refractivity contribution in [3.05, 3.63) is 87.6 Å². The van der Waals surface area contributed by atoms with E-state index in [4.69, 9.17) is 5.73 Å². The molecule has 0 saturated heterocycles. The second-order valence-corrected chi connectivity index (χ2v) is 13.2. The third-order valence-electron chi connectivity index (χ3n) is 7.49. The predicted molar refractivity (Wildman–Crippen MR) is 152 cm³/mol. The van der Waals surface area contributed by atoms with Gasteiger partial charge in [0.2, 0.25) is 11.0 Å². The van der Waals surface area contributed by atoms with Gasteiger partial charge in [0.1, 0.15) is 23.1 Å². The first-order valence-electron chi connectivity index (χ1n) is 12.7. The minimum absolute atomic E-state index is 0.0228. The van der Waals surface area contributed by atoms with Crippen molar-refractivity contribution in [2.24, 2.45) is 11.1 Å². The van der Waals surface area contributed by atoms with Crippen molar-refractivity contribution < 1.29 is 14.0 Å². The number of fused-ring (bicyclic) bond motifs is 3. The molecule has 2 aromatic carbocycles. The summed E-state index contributed by atoms with van der Waals surface area (Å²) in [5.74, 6) is -0.804. The first kappa shape index (κ1) is 26.2. The summed E-state index contributed by atoms with van der Waals surface area (Å²) < 4.78 is 15.3. The maximum Gasteiger partial charge on any atom is 0.245 e. The molecule has 3 N–H and O–H groups in total. The lowest BCUT2D eigenvalue weighted by molar-refractivity contribution is -0.123. The molecule has 0 saturated carbocycles. The number of rotatable bonds is 4. The van der Waals surface area contributed by atoms with Crippen LogP contribution in [0.25, 0.3) is 0 Å². The number of nitrogens with one attached hydrogen (secondary N) is 1. The number of benzene rings is 2. The van der Waals surface area contributed by atoms with Crippen LogP contribution in [0.5, 0.6) is 0 Å². The van der Waals surface area contributed by atoms with Gasteiger partial charge in [-0.1, -0.05) is 66.8 Å². The van der Waals surface area contributed by atoms with Crippen molar-refractivity contribution in [1.29, 1.82) is 5.26 Å². The fourth-order valence-corrected chi connectivity index (χ4v) is 7.73. The lowest BCUT2D eigenvalue weighted by Gasteiger charge is -2.45. The molecule has 1 atom stereocenters. The third-order valence-corrected chi connectivity index (χ3v) is 9.60. The summed E-state index contributed by atoms with van der Waals surface area (Å²) >= 11 is 2.82. The molecule has 8 nitrogen and oxygen atoms in total. The Morgan fingerprint density at radius 3 is 2.75 bits per heavy atom. The Balaban J connectivity index is 1.50. The summed E-state index contributed by atoms with van der Waals surface area (Å²) in [6, 6.07) is 14.2. The Hall–Kier alpha value is -4.01. The molecule has 0 fully saturated rings. The maximum absolute atomic E-state index is 14.6. The largest absolute Gasteiger partial charge is 0.384 e. The molecule has 11 heteroatoms. The van der Waals surface area contributed by atoms with Crippen LogP contribution in [0, 0.1) is 29.5 Å². The van der Waals surface area contributed by atoms with E-state index in [-0.39, 0.29) is 34.7 Å². The Bertz CT molecular complexity index is 1720. The van der Waals surface area contributed by atoms with Crippen molar-refractivity contribution in [2.45, 2.75) is 49.1 Å². The van der Waals surface area contributed by atoms with Crippen molar-refractivity contribution in [1.82, 2.24) is 10.2 Å². The van der Waals surface area contributed by atoms with Crippen molar-refractivity contribution >= 4 is 45.6 Å². The van der Waals surface area contributed by atoms with E-state index in [2.05, 4.69) is 27.6 Å². The number of anilines is 2. The lowest BCUT2D eigenvalue weighted by Crippen LogP contribution is -2.52. The molecule has 1 aromatic heterocycles. The first-order valence-corrected chi connectivity index (χ1v) is 14.5. The van der Waals surface area contributed by atoms with E-state index in [0.717, 1.165) is 5.56 Å². The average Bonchev–Trinajstić information content (AvgIpc) is 3.45. The molecule has 3 aromatic rings. The number of nitrogens with zero attached hydrogens (tertiary/aromatic N) is 4. The van der Waals surface area contributed by atoms with E-state index in [9.17, 15) is 19.2 Å². The molecule has 6 rings (SSSR count). The van der Waals surface area contributed by atoms with Crippen molar-refractivity contribution in [3.63, 3.8) is 0 Å². The highest BCUT2D eigenvalue weighted by Gasteiger charge is 2.61. The quantitative estimate of drug-likeness (QED) is 0.402. The van der Waals surface area contributed by atoms with E-state index in [1.165, 1.54) is 46.9 Å². The summed E-state index contributed by atoms with van der Waals surface area (Å²) in [7, 11) is 0. The second kappa shape index (κ2) is 9.28. The van der Waals surface area contributed by atoms with Gasteiger partial charge in [-0.3, -0.25) is 14.5 Å². The number of halogens is 1. The Morgan fingerprint density at radius 2 is 2.00 bits per heavy atom. The molecule has 0 unspecified atom stereocenters. The minimum atomic E-state index is -1.84. The number of thioether (sulfide) groups is 1. The Labute approximate surface area is 238 Å². The van der Waals surface area contributed by atoms with Crippen molar-refractivity contribution in [3.8, 4) is 6.07 Å². The smallest absolute Gasteiger partial charge is 0.245 e. The second-order valence-electron chi connectivity index (χ2n) is 11.0. The molecular formula is C29H25FN6O2S2. The average molecular weight is 573 g/mol. The maximum atomic E-state index is 14.6. The van der Waals surface area contributed by atoms with Crippen LogP contribution in [0.2, 0.25) is 0 Å². The van der Waals surface area contributed by atoms with E-state index in [0.29, 0.717) is 33.0 Å². The zero-order valence-corrected chi connectivity index (χ0v) is 23.7. The number of hydrogen-bond donors (Lipinski definition) is 2. The summed E-state index contributed by atoms with van der Waals surface area (Å²) in [6.07, 6.45) is 0.546. The molecule has 0 radical (unpaired) electrons. The Kier molecular flexibility index (Phi) is 6.09. The van der Waals surface area contributed by atoms with Crippen LogP contribution >= 0.6 is 23.1 Å². The zero-order chi connectivity index (χ0) is 28.4. The number of aryl methyl sites for hydroxylation is 1. The monoisotopic (exact) mass is 572 g/mol. The minimum Gasteiger partial charge on any atom is -0.384 e. The van der Waals surface area contributed by atoms with Crippen molar-refractivity contribution in [2.75, 3.05) is 10.2 Å². The lowest BCUT2D eigenvalue weighted by atomic mass is 9.61. The van der Waals surface area contributed by atoms with Gasteiger partial charge in [-0.25, -0.2) is 4.39 Å². The number of carbonyl (C=O) groups excluding carboxylic acids is 2. The number of carbonyl (C=O) groups is 2. The third kappa shape index (κ3) is 3.93. The molecule has 1 aliphatic carbocycles. The first-order chi connectivity index (χ1) is 19.0. The van der Waals surface area contributed by atoms with Crippen LogP contribution in [0.3, 0.4) is 0 Å². The summed E-state index contributed by atoms with van der Waals surface area (Å²) in [5, 5.41) is 22.3. The topological polar surface area (TPSA) is 125 Å². The summed E-state index contributed by atoms with van der Waals surface area (Å²) in [4.78, 5) is 29.3. The number of nitriles is 1. The van der Waals surface area contributed by atoms with Gasteiger partial charge in [0.05, 0.1) is 5.57 Å². The number of hydrogen-bond acceptors (Lipinski definition) is 9. The fraction of sp³-hybridized carbons (Fsp3) is 0.276. The van der Waals surface area contributed by atoms with Gasteiger partial charge in [0, 0.05) is 34.7 Å². The van der Waals surface area contributed by atoms with E-state index >= 15 is 0 Å².